The maximum absolute atomic E-state index is 14.7. The van der Waals surface area contributed by atoms with E-state index in [1.807, 2.05) is 0 Å². The number of allylic oxidation sites excluding steroid dienone is 3. The summed E-state index contributed by atoms with van der Waals surface area (Å²) in [5.74, 6) is 0.0982. The number of unbranched alkanes of at least 4 members (excludes halogenated alkanes) is 3. The lowest BCUT2D eigenvalue weighted by Gasteiger charge is -2.29. The number of rotatable bonds is 10. The minimum Gasteiger partial charge on any atom is -0.378 e. The van der Waals surface area contributed by atoms with Crippen molar-refractivity contribution >= 4 is 5.57 Å². The molecular weight excluding hydrogens is 390 g/mol. The van der Waals surface area contributed by atoms with Crippen LogP contribution >= 0.6 is 0 Å². The average molecular weight is 431 g/mol. The van der Waals surface area contributed by atoms with Crippen LogP contribution < -0.4 is 0 Å². The molecule has 0 aromatic heterocycles. The Kier molecular flexibility index (Phi) is 9.77. The van der Waals surface area contributed by atoms with E-state index in [0.29, 0.717) is 23.5 Å². The van der Waals surface area contributed by atoms with Gasteiger partial charge in [-0.15, -0.1) is 0 Å². The lowest BCUT2D eigenvalue weighted by molar-refractivity contribution is 0.0149. The summed E-state index contributed by atoms with van der Waals surface area (Å²) in [5.41, 5.74) is 1.88. The van der Waals surface area contributed by atoms with E-state index in [1.165, 1.54) is 25.7 Å². The van der Waals surface area contributed by atoms with Crippen LogP contribution in [0.15, 0.2) is 30.4 Å². The third-order valence-electron chi connectivity index (χ3n) is 7.09. The number of benzene rings is 1. The molecule has 1 fully saturated rings. The highest BCUT2D eigenvalue weighted by Gasteiger charge is 2.23. The third-order valence-corrected chi connectivity index (χ3v) is 7.09. The Morgan fingerprint density at radius 2 is 1.81 bits per heavy atom. The molecule has 0 saturated heterocycles. The van der Waals surface area contributed by atoms with Crippen LogP contribution in [0.4, 0.5) is 8.78 Å². The Labute approximate surface area is 188 Å². The molecule has 1 aromatic rings. The molecule has 0 N–H and O–H groups in total. The van der Waals surface area contributed by atoms with Crippen molar-refractivity contribution < 1.29 is 13.5 Å². The number of halogens is 2. The van der Waals surface area contributed by atoms with Gasteiger partial charge in [0.25, 0.3) is 0 Å². The van der Waals surface area contributed by atoms with Crippen molar-refractivity contribution in [1.29, 1.82) is 0 Å². The number of hydrogen-bond acceptors (Lipinski definition) is 1. The average Bonchev–Trinajstić information content (AvgIpc) is 2.80. The van der Waals surface area contributed by atoms with Crippen LogP contribution in [-0.4, -0.2) is 12.7 Å². The first kappa shape index (κ1) is 24.2. The van der Waals surface area contributed by atoms with Crippen LogP contribution in [0.3, 0.4) is 0 Å². The molecule has 1 aromatic carbocycles. The van der Waals surface area contributed by atoms with Crippen LogP contribution in [0, 0.1) is 23.5 Å². The smallest absolute Gasteiger partial charge is 0.166 e. The van der Waals surface area contributed by atoms with E-state index in [4.69, 9.17) is 4.74 Å². The summed E-state index contributed by atoms with van der Waals surface area (Å²) < 4.78 is 35.5. The molecule has 3 rings (SSSR count). The molecule has 1 unspecified atom stereocenters. The van der Waals surface area contributed by atoms with Crippen molar-refractivity contribution in [3.05, 3.63) is 53.1 Å². The number of ether oxygens (including phenoxy) is 1. The fraction of sp³-hybridized carbons (Fsp3) is 0.643. The molecule has 2 aliphatic carbocycles. The summed E-state index contributed by atoms with van der Waals surface area (Å²) in [4.78, 5) is 0. The van der Waals surface area contributed by atoms with Crippen molar-refractivity contribution in [2.24, 2.45) is 11.8 Å². The molecule has 2 aliphatic rings. The Hall–Kier alpha value is -1.48. The molecule has 3 heteroatoms. The Morgan fingerprint density at radius 1 is 1.00 bits per heavy atom. The van der Waals surface area contributed by atoms with Crippen molar-refractivity contribution in [2.45, 2.75) is 97.0 Å². The predicted molar refractivity (Wildman–Crippen MR) is 126 cm³/mol. The zero-order valence-electron chi connectivity index (χ0n) is 19.5. The van der Waals surface area contributed by atoms with Gasteiger partial charge in [0.2, 0.25) is 0 Å². The van der Waals surface area contributed by atoms with Crippen LogP contribution in [0.25, 0.3) is 5.57 Å². The number of aryl methyl sites for hydroxylation is 1. The molecular formula is C28H40F2O. The van der Waals surface area contributed by atoms with Gasteiger partial charge in [-0.05, 0) is 87.7 Å². The lowest BCUT2D eigenvalue weighted by Crippen LogP contribution is -2.23. The second-order valence-electron chi connectivity index (χ2n) is 9.48. The van der Waals surface area contributed by atoms with E-state index in [2.05, 4.69) is 32.1 Å². The molecule has 31 heavy (non-hydrogen) atoms. The summed E-state index contributed by atoms with van der Waals surface area (Å²) in [6.07, 6.45) is 19.2. The summed E-state index contributed by atoms with van der Waals surface area (Å²) in [5, 5.41) is 0. The van der Waals surface area contributed by atoms with E-state index in [0.717, 1.165) is 63.0 Å². The normalized spacial score (nSPS) is 24.5. The van der Waals surface area contributed by atoms with E-state index >= 15 is 0 Å². The minimum absolute atomic E-state index is 0.211. The van der Waals surface area contributed by atoms with Crippen molar-refractivity contribution in [1.82, 2.24) is 0 Å². The lowest BCUT2D eigenvalue weighted by atomic mass is 9.82. The van der Waals surface area contributed by atoms with Gasteiger partial charge in [0, 0.05) is 12.2 Å². The largest absolute Gasteiger partial charge is 0.378 e. The zero-order chi connectivity index (χ0) is 22.1. The van der Waals surface area contributed by atoms with Crippen molar-refractivity contribution in [3.8, 4) is 0 Å². The Morgan fingerprint density at radius 3 is 2.48 bits per heavy atom. The van der Waals surface area contributed by atoms with Gasteiger partial charge in [0.05, 0.1) is 6.10 Å². The zero-order valence-corrected chi connectivity index (χ0v) is 19.5. The van der Waals surface area contributed by atoms with E-state index in [1.54, 1.807) is 12.1 Å². The van der Waals surface area contributed by atoms with Gasteiger partial charge in [0.1, 0.15) is 0 Å². The van der Waals surface area contributed by atoms with E-state index < -0.39 is 11.6 Å². The maximum Gasteiger partial charge on any atom is 0.166 e. The molecule has 0 radical (unpaired) electrons. The first-order valence-corrected chi connectivity index (χ1v) is 12.5. The van der Waals surface area contributed by atoms with Crippen molar-refractivity contribution in [2.75, 3.05) is 6.61 Å². The van der Waals surface area contributed by atoms with E-state index in [9.17, 15) is 8.78 Å². The standard InChI is InChI=1S/C28H40F2O/c1-3-5-6-7-9-24-16-19-26(28(30)27(24)29)23-14-17-25(18-15-23)31-20-22-12-10-21(8-4-2)11-13-22/h4,8,14,16,19,21-22,25H,3,5-7,9-13,15,17-18,20H2,1-2H3/b8-4+. The van der Waals surface area contributed by atoms with Gasteiger partial charge in [0.15, 0.2) is 11.6 Å². The van der Waals surface area contributed by atoms with Crippen molar-refractivity contribution in [3.63, 3.8) is 0 Å². The fourth-order valence-corrected chi connectivity index (χ4v) is 5.07. The third kappa shape index (κ3) is 7.00. The van der Waals surface area contributed by atoms with Crippen LogP contribution in [-0.2, 0) is 11.2 Å². The quantitative estimate of drug-likeness (QED) is 0.267. The highest BCUT2D eigenvalue weighted by Crippen LogP contribution is 2.34. The molecule has 0 aliphatic heterocycles. The molecule has 1 nitrogen and oxygen atoms in total. The fourth-order valence-electron chi connectivity index (χ4n) is 5.07. The first-order valence-electron chi connectivity index (χ1n) is 12.5. The maximum atomic E-state index is 14.7. The van der Waals surface area contributed by atoms with Gasteiger partial charge in [-0.2, -0.15) is 0 Å². The van der Waals surface area contributed by atoms with Crippen LogP contribution in [0.1, 0.15) is 95.6 Å². The Balaban J connectivity index is 1.48. The van der Waals surface area contributed by atoms with Gasteiger partial charge in [-0.1, -0.05) is 56.5 Å². The molecule has 0 amide bonds. The minimum atomic E-state index is -0.670. The van der Waals surface area contributed by atoms with Crippen LogP contribution in [0.5, 0.6) is 0 Å². The molecule has 172 valence electrons. The molecule has 1 atom stereocenters. The van der Waals surface area contributed by atoms with Crippen LogP contribution in [0.2, 0.25) is 0 Å². The second kappa shape index (κ2) is 12.5. The SMILES string of the molecule is C/C=C/C1CCC(COC2CC=C(c3ccc(CCCCCC)c(F)c3F)CC2)CC1. The highest BCUT2D eigenvalue weighted by molar-refractivity contribution is 5.67. The molecule has 0 heterocycles. The van der Waals surface area contributed by atoms with Gasteiger partial charge < -0.3 is 4.74 Å². The molecule has 1 saturated carbocycles. The van der Waals surface area contributed by atoms with Gasteiger partial charge in [-0.25, -0.2) is 8.78 Å². The summed E-state index contributed by atoms with van der Waals surface area (Å²) in [6.45, 7) is 5.09. The number of hydrogen-bond donors (Lipinski definition) is 0. The van der Waals surface area contributed by atoms with E-state index in [-0.39, 0.29) is 6.10 Å². The predicted octanol–water partition coefficient (Wildman–Crippen LogP) is 8.42. The molecule has 0 bridgehead atoms. The topological polar surface area (TPSA) is 9.23 Å². The second-order valence-corrected chi connectivity index (χ2v) is 9.48. The summed E-state index contributed by atoms with van der Waals surface area (Å²) >= 11 is 0. The summed E-state index contributed by atoms with van der Waals surface area (Å²) in [6, 6.07) is 3.57. The first-order chi connectivity index (χ1) is 15.1. The monoisotopic (exact) mass is 430 g/mol. The Bertz CT molecular complexity index is 744. The van der Waals surface area contributed by atoms with Gasteiger partial charge in [-0.3, -0.25) is 0 Å². The summed E-state index contributed by atoms with van der Waals surface area (Å²) in [7, 11) is 0. The highest BCUT2D eigenvalue weighted by atomic mass is 19.2. The molecule has 0 spiro atoms. The van der Waals surface area contributed by atoms with Gasteiger partial charge >= 0.3 is 0 Å².